The smallest absolute Gasteiger partial charge is 0.0809 e. The van der Waals surface area contributed by atoms with E-state index in [2.05, 4.69) is 11.1 Å². The van der Waals surface area contributed by atoms with Gasteiger partial charge in [0.1, 0.15) is 0 Å². The lowest BCUT2D eigenvalue weighted by Gasteiger charge is -2.11. The van der Waals surface area contributed by atoms with E-state index in [0.29, 0.717) is 17.7 Å². The summed E-state index contributed by atoms with van der Waals surface area (Å²) in [4.78, 5) is 3.22. The van der Waals surface area contributed by atoms with Crippen molar-refractivity contribution in [2.45, 2.75) is 6.42 Å². The van der Waals surface area contributed by atoms with E-state index in [-0.39, 0.29) is 25.1 Å². The van der Waals surface area contributed by atoms with E-state index in [1.165, 1.54) is 0 Å². The first-order chi connectivity index (χ1) is 10.9. The van der Waals surface area contributed by atoms with Gasteiger partial charge in [-0.15, -0.1) is 0 Å². The quantitative estimate of drug-likeness (QED) is 0.357. The van der Waals surface area contributed by atoms with Crippen molar-refractivity contribution in [3.05, 3.63) is 54.9 Å². The molecule has 2 aromatic carbocycles. The van der Waals surface area contributed by atoms with Gasteiger partial charge in [0.05, 0.1) is 37.6 Å². The van der Waals surface area contributed by atoms with Gasteiger partial charge in [0.2, 0.25) is 0 Å². The third-order valence-corrected chi connectivity index (χ3v) is 5.72. The SMILES string of the molecule is N#CCc1ccc2[nH]c(-c3c(Cl)c(Cl)c(Cl)c(Cl)c3Cl)cc2c1. The second-order valence-electron chi connectivity index (χ2n) is 4.88. The van der Waals surface area contributed by atoms with Crippen molar-refractivity contribution in [3.63, 3.8) is 0 Å². The van der Waals surface area contributed by atoms with E-state index >= 15 is 0 Å². The maximum Gasteiger partial charge on any atom is 0.0809 e. The van der Waals surface area contributed by atoms with E-state index in [1.807, 2.05) is 24.3 Å². The summed E-state index contributed by atoms with van der Waals surface area (Å²) in [6.45, 7) is 0. The number of nitriles is 1. The van der Waals surface area contributed by atoms with Crippen LogP contribution in [0.4, 0.5) is 0 Å². The van der Waals surface area contributed by atoms with Gasteiger partial charge in [-0.2, -0.15) is 5.26 Å². The number of hydrogen-bond acceptors (Lipinski definition) is 1. The highest BCUT2D eigenvalue weighted by molar-refractivity contribution is 6.56. The van der Waals surface area contributed by atoms with Gasteiger partial charge in [0, 0.05) is 22.2 Å². The topological polar surface area (TPSA) is 39.6 Å². The van der Waals surface area contributed by atoms with Gasteiger partial charge in [-0.05, 0) is 23.8 Å². The summed E-state index contributed by atoms with van der Waals surface area (Å²) >= 11 is 30.8. The standard InChI is InChI=1S/C16H7Cl5N2/c17-12-11(13(18)15(20)16(21)14(12)19)10-6-8-5-7(3-4-22)1-2-9(8)23-10/h1-2,5-6,23H,3H2. The lowest BCUT2D eigenvalue weighted by Crippen LogP contribution is -1.86. The van der Waals surface area contributed by atoms with E-state index in [9.17, 15) is 0 Å². The van der Waals surface area contributed by atoms with Crippen LogP contribution in [-0.4, -0.2) is 4.98 Å². The number of H-pyrrole nitrogens is 1. The molecule has 1 N–H and O–H groups in total. The monoisotopic (exact) mass is 402 g/mol. The minimum atomic E-state index is 0.125. The van der Waals surface area contributed by atoms with Crippen LogP contribution in [-0.2, 0) is 6.42 Å². The van der Waals surface area contributed by atoms with Crippen molar-refractivity contribution in [2.75, 3.05) is 0 Å². The maximum atomic E-state index is 8.80. The molecule has 1 heterocycles. The Kier molecular flexibility index (Phi) is 4.69. The largest absolute Gasteiger partial charge is 0.354 e. The fraction of sp³-hybridized carbons (Fsp3) is 0.0625. The van der Waals surface area contributed by atoms with Crippen molar-refractivity contribution in [3.8, 4) is 17.3 Å². The molecule has 3 aromatic rings. The maximum absolute atomic E-state index is 8.80. The molecule has 7 heteroatoms. The molecule has 0 atom stereocenters. The second-order valence-corrected chi connectivity index (χ2v) is 6.77. The van der Waals surface area contributed by atoms with Crippen molar-refractivity contribution in [1.82, 2.24) is 4.98 Å². The number of aromatic nitrogens is 1. The lowest BCUT2D eigenvalue weighted by molar-refractivity contribution is 1.27. The first-order valence-electron chi connectivity index (χ1n) is 6.44. The van der Waals surface area contributed by atoms with Crippen LogP contribution in [0.15, 0.2) is 24.3 Å². The summed E-state index contributed by atoms with van der Waals surface area (Å²) in [5.41, 5.74) is 2.97. The zero-order valence-corrected chi connectivity index (χ0v) is 15.1. The molecule has 0 aliphatic carbocycles. The highest BCUT2D eigenvalue weighted by atomic mass is 35.5. The summed E-state index contributed by atoms with van der Waals surface area (Å²) in [6, 6.07) is 9.71. The van der Waals surface area contributed by atoms with Crippen LogP contribution in [0.5, 0.6) is 0 Å². The van der Waals surface area contributed by atoms with Crippen LogP contribution in [0, 0.1) is 11.3 Å². The molecule has 3 rings (SSSR count). The number of fused-ring (bicyclic) bond motifs is 1. The van der Waals surface area contributed by atoms with Crippen molar-refractivity contribution in [1.29, 1.82) is 5.26 Å². The average Bonchev–Trinajstić information content (AvgIpc) is 2.94. The molecule has 0 radical (unpaired) electrons. The fourth-order valence-electron chi connectivity index (χ4n) is 2.36. The molecule has 0 aliphatic heterocycles. The Morgan fingerprint density at radius 1 is 0.870 bits per heavy atom. The van der Waals surface area contributed by atoms with Crippen LogP contribution in [0.25, 0.3) is 22.2 Å². The van der Waals surface area contributed by atoms with Crippen LogP contribution in [0.3, 0.4) is 0 Å². The molecule has 0 amide bonds. The Labute approximate surface area is 157 Å². The lowest BCUT2D eigenvalue weighted by atomic mass is 10.1. The zero-order chi connectivity index (χ0) is 16.7. The number of nitrogens with zero attached hydrogens (tertiary/aromatic N) is 1. The molecule has 116 valence electrons. The molecule has 1 aromatic heterocycles. The van der Waals surface area contributed by atoms with Crippen molar-refractivity contribution in [2.24, 2.45) is 0 Å². The van der Waals surface area contributed by atoms with Gasteiger partial charge in [0.15, 0.2) is 0 Å². The molecule has 0 spiro atoms. The van der Waals surface area contributed by atoms with E-state index in [1.54, 1.807) is 0 Å². The van der Waals surface area contributed by atoms with Crippen LogP contribution in [0.2, 0.25) is 25.1 Å². The molecule has 0 saturated heterocycles. The molecular weight excluding hydrogens is 397 g/mol. The Morgan fingerprint density at radius 3 is 2.09 bits per heavy atom. The summed E-state index contributed by atoms with van der Waals surface area (Å²) in [7, 11) is 0. The third kappa shape index (κ3) is 2.89. The highest BCUT2D eigenvalue weighted by Crippen LogP contribution is 2.48. The molecule has 0 aliphatic rings. The van der Waals surface area contributed by atoms with Crippen molar-refractivity contribution < 1.29 is 0 Å². The van der Waals surface area contributed by atoms with Crippen LogP contribution < -0.4 is 0 Å². The molecule has 0 bridgehead atoms. The van der Waals surface area contributed by atoms with Gasteiger partial charge in [-0.1, -0.05) is 64.1 Å². The number of halogens is 5. The number of nitrogens with one attached hydrogen (secondary N) is 1. The third-order valence-electron chi connectivity index (χ3n) is 3.45. The first-order valence-corrected chi connectivity index (χ1v) is 8.33. The van der Waals surface area contributed by atoms with Gasteiger partial charge < -0.3 is 4.98 Å². The van der Waals surface area contributed by atoms with Crippen molar-refractivity contribution >= 4 is 68.9 Å². The predicted molar refractivity (Wildman–Crippen MR) is 98.1 cm³/mol. The fourth-order valence-corrected chi connectivity index (χ4v) is 3.70. The van der Waals surface area contributed by atoms with Crippen LogP contribution >= 0.6 is 58.0 Å². The molecule has 0 fully saturated rings. The second kappa shape index (κ2) is 6.43. The Hall–Kier alpha value is -1.08. The number of hydrogen-bond donors (Lipinski definition) is 1. The molecular formula is C16H7Cl5N2. The summed E-state index contributed by atoms with van der Waals surface area (Å²) in [5.74, 6) is 0. The Bertz CT molecular complexity index is 940. The average molecular weight is 405 g/mol. The normalized spacial score (nSPS) is 11.0. The number of benzene rings is 2. The van der Waals surface area contributed by atoms with Gasteiger partial charge in [0.25, 0.3) is 0 Å². The van der Waals surface area contributed by atoms with Gasteiger partial charge in [-0.25, -0.2) is 0 Å². The van der Waals surface area contributed by atoms with Crippen LogP contribution in [0.1, 0.15) is 5.56 Å². The summed E-state index contributed by atoms with van der Waals surface area (Å²) in [6.07, 6.45) is 0.344. The first kappa shape index (κ1) is 16.8. The van der Waals surface area contributed by atoms with Gasteiger partial charge >= 0.3 is 0 Å². The number of aromatic amines is 1. The molecule has 23 heavy (non-hydrogen) atoms. The minimum Gasteiger partial charge on any atom is -0.354 e. The molecule has 0 saturated carbocycles. The molecule has 2 nitrogen and oxygen atoms in total. The zero-order valence-electron chi connectivity index (χ0n) is 11.4. The Balaban J connectivity index is 2.24. The van der Waals surface area contributed by atoms with E-state index in [4.69, 9.17) is 63.3 Å². The van der Waals surface area contributed by atoms with E-state index in [0.717, 1.165) is 16.5 Å². The summed E-state index contributed by atoms with van der Waals surface area (Å²) in [5, 5.41) is 10.6. The Morgan fingerprint density at radius 2 is 1.48 bits per heavy atom. The number of rotatable bonds is 2. The highest BCUT2D eigenvalue weighted by Gasteiger charge is 2.21. The predicted octanol–water partition coefficient (Wildman–Crippen LogP) is 7.17. The van der Waals surface area contributed by atoms with Gasteiger partial charge in [-0.3, -0.25) is 0 Å². The minimum absolute atomic E-state index is 0.125. The summed E-state index contributed by atoms with van der Waals surface area (Å²) < 4.78 is 0. The van der Waals surface area contributed by atoms with E-state index < -0.39 is 0 Å². The molecule has 0 unspecified atom stereocenters.